The number of aromatic nitrogens is 2. The van der Waals surface area contributed by atoms with Gasteiger partial charge in [-0.3, -0.25) is 14.3 Å². The van der Waals surface area contributed by atoms with Gasteiger partial charge in [-0.05, 0) is 56.0 Å². The average Bonchev–Trinajstić information content (AvgIpc) is 3.12. The molecule has 1 fully saturated rings. The summed E-state index contributed by atoms with van der Waals surface area (Å²) in [5, 5.41) is 9.57. The Kier molecular flexibility index (Phi) is 6.35. The van der Waals surface area contributed by atoms with Gasteiger partial charge >= 0.3 is 0 Å². The lowest BCUT2D eigenvalue weighted by Gasteiger charge is -2.31. The molecule has 1 aromatic heterocycles. The molecule has 0 radical (unpaired) electrons. The molecule has 2 aromatic carbocycles. The maximum Gasteiger partial charge on any atom is 0.254 e. The first-order valence-corrected chi connectivity index (χ1v) is 11.1. The molecule has 1 aliphatic rings. The number of likely N-dealkylation sites (tertiary alicyclic amines) is 1. The maximum atomic E-state index is 13.1. The second-order valence-corrected chi connectivity index (χ2v) is 8.39. The summed E-state index contributed by atoms with van der Waals surface area (Å²) in [6, 6.07) is 15.9. The summed E-state index contributed by atoms with van der Waals surface area (Å²) < 4.78 is 1.98. The van der Waals surface area contributed by atoms with E-state index >= 15 is 0 Å². The second-order valence-electron chi connectivity index (χ2n) is 8.39. The third-order valence-electron chi connectivity index (χ3n) is 6.12. The minimum atomic E-state index is -0.0229. The van der Waals surface area contributed by atoms with Gasteiger partial charge in [0, 0.05) is 43.4 Å². The maximum absolute atomic E-state index is 13.1. The molecule has 6 nitrogen and oxygen atoms in total. The van der Waals surface area contributed by atoms with Crippen LogP contribution in [0.1, 0.15) is 41.0 Å². The fourth-order valence-electron chi connectivity index (χ4n) is 4.41. The minimum absolute atomic E-state index is 0.0229. The van der Waals surface area contributed by atoms with Crippen LogP contribution in [0.5, 0.6) is 0 Å². The van der Waals surface area contributed by atoms with Gasteiger partial charge in [0.2, 0.25) is 5.91 Å². The molecule has 162 valence electrons. The number of aryl methyl sites for hydroxylation is 3. The number of rotatable bonds is 6. The SMILES string of the molecule is Cc1cc(C)n(CCCNC(=O)C2CCN(C(=O)c3cccc4ccccc34)CC2)n1. The van der Waals surface area contributed by atoms with E-state index in [9.17, 15) is 9.59 Å². The van der Waals surface area contributed by atoms with E-state index in [1.54, 1.807) is 0 Å². The summed E-state index contributed by atoms with van der Waals surface area (Å²) in [6.45, 7) is 6.72. The fourth-order valence-corrected chi connectivity index (χ4v) is 4.41. The Morgan fingerprint density at radius 1 is 1.06 bits per heavy atom. The first kappa shape index (κ1) is 21.1. The standard InChI is InChI=1S/C25H30N4O2/c1-18-17-19(2)29(27-18)14-6-13-26-24(30)21-11-15-28(16-12-21)25(31)23-10-5-8-20-7-3-4-9-22(20)23/h3-5,7-10,17,21H,6,11-16H2,1-2H3,(H,26,30). The molecule has 6 heteroatoms. The van der Waals surface area contributed by atoms with Gasteiger partial charge in [-0.25, -0.2) is 0 Å². The molecule has 0 aliphatic carbocycles. The van der Waals surface area contributed by atoms with Crippen LogP contribution in [0.2, 0.25) is 0 Å². The Labute approximate surface area is 183 Å². The molecule has 0 bridgehead atoms. The number of nitrogens with one attached hydrogen (secondary N) is 1. The third-order valence-corrected chi connectivity index (χ3v) is 6.12. The van der Waals surface area contributed by atoms with Crippen LogP contribution in [0.3, 0.4) is 0 Å². The Hall–Kier alpha value is -3.15. The topological polar surface area (TPSA) is 67.2 Å². The molecule has 4 rings (SSSR count). The van der Waals surface area contributed by atoms with Crippen molar-refractivity contribution in [2.24, 2.45) is 5.92 Å². The molecule has 0 saturated carbocycles. The molecule has 1 saturated heterocycles. The van der Waals surface area contributed by atoms with E-state index in [1.165, 1.54) is 0 Å². The number of hydrogen-bond acceptors (Lipinski definition) is 3. The number of amides is 2. The molecule has 31 heavy (non-hydrogen) atoms. The van der Waals surface area contributed by atoms with Crippen LogP contribution < -0.4 is 5.32 Å². The van der Waals surface area contributed by atoms with Crippen molar-refractivity contribution in [3.63, 3.8) is 0 Å². The smallest absolute Gasteiger partial charge is 0.254 e. The Morgan fingerprint density at radius 2 is 1.81 bits per heavy atom. The molecule has 0 unspecified atom stereocenters. The van der Waals surface area contributed by atoms with E-state index in [-0.39, 0.29) is 17.7 Å². The lowest BCUT2D eigenvalue weighted by atomic mass is 9.94. The van der Waals surface area contributed by atoms with Crippen LogP contribution in [0.4, 0.5) is 0 Å². The lowest BCUT2D eigenvalue weighted by molar-refractivity contribution is -0.126. The van der Waals surface area contributed by atoms with Crippen LogP contribution in [-0.4, -0.2) is 46.1 Å². The molecule has 1 aliphatic heterocycles. The quantitative estimate of drug-likeness (QED) is 0.621. The first-order valence-electron chi connectivity index (χ1n) is 11.1. The van der Waals surface area contributed by atoms with Gasteiger partial charge in [-0.15, -0.1) is 0 Å². The fraction of sp³-hybridized carbons (Fsp3) is 0.400. The zero-order valence-electron chi connectivity index (χ0n) is 18.3. The van der Waals surface area contributed by atoms with E-state index in [4.69, 9.17) is 0 Å². The predicted octanol–water partition coefficient (Wildman–Crippen LogP) is 3.71. The van der Waals surface area contributed by atoms with Crippen molar-refractivity contribution in [1.29, 1.82) is 0 Å². The molecule has 3 aromatic rings. The zero-order valence-corrected chi connectivity index (χ0v) is 18.3. The van der Waals surface area contributed by atoms with Crippen molar-refractivity contribution < 1.29 is 9.59 Å². The summed E-state index contributed by atoms with van der Waals surface area (Å²) in [4.78, 5) is 27.5. The molecule has 0 spiro atoms. The van der Waals surface area contributed by atoms with Gasteiger partial charge in [0.25, 0.3) is 5.91 Å². The van der Waals surface area contributed by atoms with E-state index in [2.05, 4.69) is 16.5 Å². The van der Waals surface area contributed by atoms with Crippen LogP contribution in [0.25, 0.3) is 10.8 Å². The summed E-state index contributed by atoms with van der Waals surface area (Å²) >= 11 is 0. The number of hydrogen-bond donors (Lipinski definition) is 1. The number of nitrogens with zero attached hydrogens (tertiary/aromatic N) is 3. The number of benzene rings is 2. The van der Waals surface area contributed by atoms with Crippen LogP contribution >= 0.6 is 0 Å². The Bertz CT molecular complexity index is 1070. The van der Waals surface area contributed by atoms with Crippen molar-refractivity contribution >= 4 is 22.6 Å². The monoisotopic (exact) mass is 418 g/mol. The second kappa shape index (κ2) is 9.33. The van der Waals surface area contributed by atoms with Crippen LogP contribution in [0, 0.1) is 19.8 Å². The molecule has 1 N–H and O–H groups in total. The van der Waals surface area contributed by atoms with Crippen LogP contribution in [-0.2, 0) is 11.3 Å². The first-order chi connectivity index (χ1) is 15.0. The van der Waals surface area contributed by atoms with Gasteiger partial charge < -0.3 is 10.2 Å². The van der Waals surface area contributed by atoms with E-state index < -0.39 is 0 Å². The van der Waals surface area contributed by atoms with E-state index in [0.717, 1.165) is 40.7 Å². The Morgan fingerprint density at radius 3 is 2.55 bits per heavy atom. The summed E-state index contributed by atoms with van der Waals surface area (Å²) in [6.07, 6.45) is 2.27. The zero-order chi connectivity index (χ0) is 21.8. The summed E-state index contributed by atoms with van der Waals surface area (Å²) in [5.41, 5.74) is 2.91. The highest BCUT2D eigenvalue weighted by atomic mass is 16.2. The van der Waals surface area contributed by atoms with E-state index in [0.29, 0.717) is 32.5 Å². The van der Waals surface area contributed by atoms with Crippen molar-refractivity contribution in [2.45, 2.75) is 39.7 Å². The van der Waals surface area contributed by atoms with E-state index in [1.807, 2.05) is 65.9 Å². The van der Waals surface area contributed by atoms with Crippen molar-refractivity contribution in [3.8, 4) is 0 Å². The van der Waals surface area contributed by atoms with Gasteiger partial charge in [-0.2, -0.15) is 5.10 Å². The average molecular weight is 419 g/mol. The molecule has 2 amide bonds. The lowest BCUT2D eigenvalue weighted by Crippen LogP contribution is -2.43. The molecular formula is C25H30N4O2. The highest BCUT2D eigenvalue weighted by Gasteiger charge is 2.28. The van der Waals surface area contributed by atoms with Crippen molar-refractivity contribution in [1.82, 2.24) is 20.0 Å². The largest absolute Gasteiger partial charge is 0.356 e. The molecule has 2 heterocycles. The predicted molar refractivity (Wildman–Crippen MR) is 122 cm³/mol. The number of carbonyl (C=O) groups is 2. The number of piperidine rings is 1. The Balaban J connectivity index is 1.25. The number of fused-ring (bicyclic) bond motifs is 1. The van der Waals surface area contributed by atoms with Gasteiger partial charge in [-0.1, -0.05) is 36.4 Å². The normalized spacial score (nSPS) is 14.7. The summed E-state index contributed by atoms with van der Waals surface area (Å²) in [7, 11) is 0. The highest BCUT2D eigenvalue weighted by Crippen LogP contribution is 2.23. The third kappa shape index (κ3) is 4.79. The number of carbonyl (C=O) groups excluding carboxylic acids is 2. The van der Waals surface area contributed by atoms with Gasteiger partial charge in [0.05, 0.1) is 5.69 Å². The van der Waals surface area contributed by atoms with Gasteiger partial charge in [0.1, 0.15) is 0 Å². The van der Waals surface area contributed by atoms with Crippen LogP contribution in [0.15, 0.2) is 48.5 Å². The minimum Gasteiger partial charge on any atom is -0.356 e. The van der Waals surface area contributed by atoms with Crippen molar-refractivity contribution in [2.75, 3.05) is 19.6 Å². The van der Waals surface area contributed by atoms with Crippen molar-refractivity contribution in [3.05, 3.63) is 65.5 Å². The molecule has 0 atom stereocenters. The summed E-state index contributed by atoms with van der Waals surface area (Å²) in [5.74, 6) is 0.136. The highest BCUT2D eigenvalue weighted by molar-refractivity contribution is 6.07. The molecular weight excluding hydrogens is 388 g/mol. The van der Waals surface area contributed by atoms with Gasteiger partial charge in [0.15, 0.2) is 0 Å².